The summed E-state index contributed by atoms with van der Waals surface area (Å²) in [5.41, 5.74) is 1.72. The number of nitrogens with one attached hydrogen (secondary N) is 1. The lowest BCUT2D eigenvalue weighted by molar-refractivity contribution is -0.130. The second kappa shape index (κ2) is 6.37. The largest absolute Gasteiger partial charge is 0.339 e. The van der Waals surface area contributed by atoms with Crippen molar-refractivity contribution >= 4 is 5.91 Å². The molecule has 0 aromatic heterocycles. The molecule has 0 atom stereocenters. The molecule has 0 fully saturated rings. The average Bonchev–Trinajstić information content (AvgIpc) is 2.27. The van der Waals surface area contributed by atoms with Gasteiger partial charge in [-0.2, -0.15) is 0 Å². The van der Waals surface area contributed by atoms with Crippen LogP contribution in [-0.4, -0.2) is 36.5 Å². The number of carbonyl (C=O) groups excluding carboxylic acids is 1. The van der Waals surface area contributed by atoms with E-state index in [1.54, 1.807) is 0 Å². The SMILES string of the molecule is CC(C)NCCC(=O)N1CC=C(C(C)(C)C)CC1. The fraction of sp³-hybridized carbons (Fsp3) is 0.800. The number of rotatable bonds is 4. The van der Waals surface area contributed by atoms with E-state index in [2.05, 4.69) is 46.0 Å². The van der Waals surface area contributed by atoms with E-state index in [0.717, 1.165) is 26.1 Å². The Bertz CT molecular complexity index is 313. The van der Waals surface area contributed by atoms with E-state index in [4.69, 9.17) is 0 Å². The fourth-order valence-corrected chi connectivity index (χ4v) is 2.20. The summed E-state index contributed by atoms with van der Waals surface area (Å²) < 4.78 is 0. The molecule has 18 heavy (non-hydrogen) atoms. The van der Waals surface area contributed by atoms with Crippen LogP contribution in [0.4, 0.5) is 0 Å². The van der Waals surface area contributed by atoms with Crippen LogP contribution in [0.25, 0.3) is 0 Å². The fourth-order valence-electron chi connectivity index (χ4n) is 2.20. The van der Waals surface area contributed by atoms with E-state index < -0.39 is 0 Å². The zero-order valence-electron chi connectivity index (χ0n) is 12.5. The third kappa shape index (κ3) is 4.81. The molecule has 1 rings (SSSR count). The van der Waals surface area contributed by atoms with Crippen LogP contribution in [0.3, 0.4) is 0 Å². The second-order valence-electron chi connectivity index (χ2n) is 6.43. The molecule has 0 unspecified atom stereocenters. The van der Waals surface area contributed by atoms with Crippen LogP contribution in [0.1, 0.15) is 47.5 Å². The first kappa shape index (κ1) is 15.2. The molecule has 0 saturated carbocycles. The predicted molar refractivity (Wildman–Crippen MR) is 76.5 cm³/mol. The summed E-state index contributed by atoms with van der Waals surface area (Å²) in [6, 6.07) is 0.451. The summed E-state index contributed by atoms with van der Waals surface area (Å²) in [5, 5.41) is 3.29. The monoisotopic (exact) mass is 252 g/mol. The maximum atomic E-state index is 12.0. The molecule has 1 aliphatic heterocycles. The highest BCUT2D eigenvalue weighted by atomic mass is 16.2. The van der Waals surface area contributed by atoms with Crippen molar-refractivity contribution in [3.63, 3.8) is 0 Å². The number of carbonyl (C=O) groups is 1. The number of nitrogens with zero attached hydrogens (tertiary/aromatic N) is 1. The Morgan fingerprint density at radius 3 is 2.56 bits per heavy atom. The molecular weight excluding hydrogens is 224 g/mol. The molecule has 1 aliphatic rings. The van der Waals surface area contributed by atoms with Gasteiger partial charge in [-0.15, -0.1) is 0 Å². The zero-order chi connectivity index (χ0) is 13.8. The van der Waals surface area contributed by atoms with E-state index in [-0.39, 0.29) is 11.3 Å². The zero-order valence-corrected chi connectivity index (χ0v) is 12.5. The molecule has 104 valence electrons. The Morgan fingerprint density at radius 2 is 2.11 bits per heavy atom. The normalized spacial score (nSPS) is 17.0. The molecule has 0 aromatic rings. The smallest absolute Gasteiger partial charge is 0.224 e. The molecule has 3 nitrogen and oxygen atoms in total. The maximum absolute atomic E-state index is 12.0. The van der Waals surface area contributed by atoms with Gasteiger partial charge in [0, 0.05) is 32.1 Å². The van der Waals surface area contributed by atoms with Crippen molar-refractivity contribution in [1.29, 1.82) is 0 Å². The van der Waals surface area contributed by atoms with E-state index in [1.165, 1.54) is 5.57 Å². The minimum absolute atomic E-state index is 0.244. The molecule has 1 N–H and O–H groups in total. The van der Waals surface area contributed by atoms with Gasteiger partial charge in [-0.25, -0.2) is 0 Å². The van der Waals surface area contributed by atoms with Gasteiger partial charge in [0.15, 0.2) is 0 Å². The van der Waals surface area contributed by atoms with Gasteiger partial charge in [-0.1, -0.05) is 46.3 Å². The van der Waals surface area contributed by atoms with Crippen molar-refractivity contribution < 1.29 is 4.79 Å². The molecule has 1 heterocycles. The van der Waals surface area contributed by atoms with Crippen LogP contribution in [-0.2, 0) is 4.79 Å². The van der Waals surface area contributed by atoms with E-state index >= 15 is 0 Å². The number of amides is 1. The summed E-state index contributed by atoms with van der Waals surface area (Å²) in [6.45, 7) is 13.4. The highest BCUT2D eigenvalue weighted by molar-refractivity contribution is 5.76. The minimum atomic E-state index is 0.244. The van der Waals surface area contributed by atoms with Crippen LogP contribution >= 0.6 is 0 Å². The van der Waals surface area contributed by atoms with Crippen LogP contribution in [0.15, 0.2) is 11.6 Å². The van der Waals surface area contributed by atoms with Crippen molar-refractivity contribution in [1.82, 2.24) is 10.2 Å². The van der Waals surface area contributed by atoms with Gasteiger partial charge in [0.05, 0.1) is 0 Å². The van der Waals surface area contributed by atoms with Gasteiger partial charge < -0.3 is 10.2 Å². The predicted octanol–water partition coefficient (Wildman–Crippen LogP) is 2.58. The van der Waals surface area contributed by atoms with Crippen LogP contribution < -0.4 is 5.32 Å². The summed E-state index contributed by atoms with van der Waals surface area (Å²) in [6.07, 6.45) is 3.86. The van der Waals surface area contributed by atoms with Crippen LogP contribution in [0.2, 0.25) is 0 Å². The van der Waals surface area contributed by atoms with Gasteiger partial charge in [-0.05, 0) is 11.8 Å². The highest BCUT2D eigenvalue weighted by Crippen LogP contribution is 2.30. The first-order valence-corrected chi connectivity index (χ1v) is 7.01. The molecular formula is C15H28N2O. The Balaban J connectivity index is 2.38. The van der Waals surface area contributed by atoms with Gasteiger partial charge >= 0.3 is 0 Å². The van der Waals surface area contributed by atoms with Crippen molar-refractivity contribution in [3.8, 4) is 0 Å². The van der Waals surface area contributed by atoms with E-state index in [1.807, 2.05) is 4.90 Å². The molecule has 0 bridgehead atoms. The second-order valence-corrected chi connectivity index (χ2v) is 6.43. The maximum Gasteiger partial charge on any atom is 0.224 e. The van der Waals surface area contributed by atoms with Gasteiger partial charge in [0.25, 0.3) is 0 Å². The third-order valence-electron chi connectivity index (χ3n) is 3.42. The topological polar surface area (TPSA) is 32.3 Å². The van der Waals surface area contributed by atoms with Gasteiger partial charge in [0.1, 0.15) is 0 Å². The number of hydrogen-bond donors (Lipinski definition) is 1. The molecule has 0 radical (unpaired) electrons. The average molecular weight is 252 g/mol. The Hall–Kier alpha value is -0.830. The highest BCUT2D eigenvalue weighted by Gasteiger charge is 2.23. The Morgan fingerprint density at radius 1 is 1.44 bits per heavy atom. The lowest BCUT2D eigenvalue weighted by atomic mass is 9.83. The van der Waals surface area contributed by atoms with Gasteiger partial charge in [-0.3, -0.25) is 4.79 Å². The molecule has 1 amide bonds. The quantitative estimate of drug-likeness (QED) is 0.780. The van der Waals surface area contributed by atoms with Crippen molar-refractivity contribution in [2.45, 2.75) is 53.5 Å². The summed E-state index contributed by atoms with van der Waals surface area (Å²) in [4.78, 5) is 14.0. The van der Waals surface area contributed by atoms with Crippen molar-refractivity contribution in [3.05, 3.63) is 11.6 Å². The van der Waals surface area contributed by atoms with Crippen molar-refractivity contribution in [2.75, 3.05) is 19.6 Å². The third-order valence-corrected chi connectivity index (χ3v) is 3.42. The molecule has 0 aromatic carbocycles. The first-order valence-electron chi connectivity index (χ1n) is 7.01. The lowest BCUT2D eigenvalue weighted by Crippen LogP contribution is -2.38. The lowest BCUT2D eigenvalue weighted by Gasteiger charge is -2.32. The van der Waals surface area contributed by atoms with Crippen molar-refractivity contribution in [2.24, 2.45) is 5.41 Å². The standard InChI is InChI=1S/C15H28N2O/c1-12(2)16-9-6-14(18)17-10-7-13(8-11-17)15(3,4)5/h7,12,16H,6,8-11H2,1-5H3. The van der Waals surface area contributed by atoms with E-state index in [9.17, 15) is 4.79 Å². The van der Waals surface area contributed by atoms with E-state index in [0.29, 0.717) is 12.5 Å². The summed E-state index contributed by atoms with van der Waals surface area (Å²) >= 11 is 0. The molecule has 3 heteroatoms. The van der Waals surface area contributed by atoms with Gasteiger partial charge in [0.2, 0.25) is 5.91 Å². The Labute approximate surface area is 112 Å². The minimum Gasteiger partial charge on any atom is -0.339 e. The van der Waals surface area contributed by atoms with Crippen LogP contribution in [0.5, 0.6) is 0 Å². The molecule has 0 aliphatic carbocycles. The summed E-state index contributed by atoms with van der Waals surface area (Å²) in [5.74, 6) is 0.271. The molecule has 0 saturated heterocycles. The number of hydrogen-bond acceptors (Lipinski definition) is 2. The van der Waals surface area contributed by atoms with Crippen LogP contribution in [0, 0.1) is 5.41 Å². The molecule has 0 spiro atoms. The Kier molecular flexibility index (Phi) is 5.39. The first-order chi connectivity index (χ1) is 8.30. The summed E-state index contributed by atoms with van der Waals surface area (Å²) in [7, 11) is 0.